The lowest BCUT2D eigenvalue weighted by molar-refractivity contribution is -0.141. The third kappa shape index (κ3) is 4.37. The van der Waals surface area contributed by atoms with Gasteiger partial charge in [-0.25, -0.2) is 0 Å². The summed E-state index contributed by atoms with van der Waals surface area (Å²) in [5, 5.41) is 8.55. The van der Waals surface area contributed by atoms with E-state index in [1.54, 1.807) is 13.0 Å². The molecule has 0 amide bonds. The molecule has 0 rings (SSSR count). The molecular formula is C9H14O2. The summed E-state index contributed by atoms with van der Waals surface area (Å²) >= 11 is 0. The summed E-state index contributed by atoms with van der Waals surface area (Å²) in [5.41, 5.74) is 1.05. The summed E-state index contributed by atoms with van der Waals surface area (Å²) in [6.07, 6.45) is 4.10. The minimum Gasteiger partial charge on any atom is -0.481 e. The molecule has 0 aliphatic heterocycles. The number of hydrogen-bond acceptors (Lipinski definition) is 1. The maximum absolute atomic E-state index is 10.4. The molecule has 1 atom stereocenters. The Bertz CT molecular complexity index is 180. The van der Waals surface area contributed by atoms with Crippen LogP contribution < -0.4 is 0 Å². The second-order valence-corrected chi connectivity index (χ2v) is 2.69. The van der Waals surface area contributed by atoms with Gasteiger partial charge in [0.15, 0.2) is 0 Å². The largest absolute Gasteiger partial charge is 0.481 e. The summed E-state index contributed by atoms with van der Waals surface area (Å²) in [5.74, 6) is -1.05. The van der Waals surface area contributed by atoms with Gasteiger partial charge in [-0.1, -0.05) is 31.2 Å². The van der Waals surface area contributed by atoms with Crippen molar-refractivity contribution >= 4 is 5.97 Å². The molecule has 0 aliphatic rings. The Morgan fingerprint density at radius 1 is 1.73 bits per heavy atom. The lowest BCUT2D eigenvalue weighted by Gasteiger charge is -2.04. The van der Waals surface area contributed by atoms with E-state index >= 15 is 0 Å². The second-order valence-electron chi connectivity index (χ2n) is 2.69. The van der Waals surface area contributed by atoms with Crippen molar-refractivity contribution < 1.29 is 9.90 Å². The highest BCUT2D eigenvalue weighted by molar-refractivity contribution is 5.69. The van der Waals surface area contributed by atoms with E-state index in [4.69, 9.17) is 5.11 Å². The van der Waals surface area contributed by atoms with E-state index in [9.17, 15) is 4.79 Å². The molecule has 2 heteroatoms. The zero-order chi connectivity index (χ0) is 8.85. The summed E-state index contributed by atoms with van der Waals surface area (Å²) in [6, 6.07) is 0. The third-order valence-corrected chi connectivity index (χ3v) is 1.45. The Morgan fingerprint density at radius 3 is 2.64 bits per heavy atom. The van der Waals surface area contributed by atoms with Crippen LogP contribution in [0.15, 0.2) is 24.3 Å². The molecule has 0 aromatic heterocycles. The number of allylic oxidation sites excluding steroid dienone is 3. The first-order chi connectivity index (χ1) is 5.07. The zero-order valence-corrected chi connectivity index (χ0v) is 7.00. The molecule has 0 fully saturated rings. The summed E-state index contributed by atoms with van der Waals surface area (Å²) < 4.78 is 0. The number of hydrogen-bond donors (Lipinski definition) is 1. The lowest BCUT2D eigenvalue weighted by Crippen LogP contribution is -2.09. The van der Waals surface area contributed by atoms with Crippen LogP contribution in [0.25, 0.3) is 0 Å². The quantitative estimate of drug-likeness (QED) is 0.630. The van der Waals surface area contributed by atoms with Crippen LogP contribution in [-0.2, 0) is 4.79 Å². The van der Waals surface area contributed by atoms with Crippen LogP contribution in [0.3, 0.4) is 0 Å². The van der Waals surface area contributed by atoms with Gasteiger partial charge >= 0.3 is 5.97 Å². The minimum atomic E-state index is -0.748. The van der Waals surface area contributed by atoms with Crippen LogP contribution in [0, 0.1) is 5.92 Å². The van der Waals surface area contributed by atoms with E-state index in [0.29, 0.717) is 6.42 Å². The van der Waals surface area contributed by atoms with Crippen LogP contribution in [0.4, 0.5) is 0 Å². The van der Waals surface area contributed by atoms with Gasteiger partial charge < -0.3 is 5.11 Å². The molecule has 0 aromatic carbocycles. The first kappa shape index (κ1) is 9.95. The summed E-state index contributed by atoms with van der Waals surface area (Å²) in [7, 11) is 0. The Labute approximate surface area is 67.2 Å². The molecule has 2 nitrogen and oxygen atoms in total. The van der Waals surface area contributed by atoms with Crippen molar-refractivity contribution in [3.63, 3.8) is 0 Å². The number of carbonyl (C=O) groups is 1. The molecule has 0 bridgehead atoms. The van der Waals surface area contributed by atoms with Gasteiger partial charge in [0.1, 0.15) is 0 Å². The van der Waals surface area contributed by atoms with E-state index in [1.807, 2.05) is 13.0 Å². The van der Waals surface area contributed by atoms with Gasteiger partial charge in [0.05, 0.1) is 5.92 Å². The van der Waals surface area contributed by atoms with Gasteiger partial charge in [-0.3, -0.25) is 4.79 Å². The van der Waals surface area contributed by atoms with E-state index < -0.39 is 5.97 Å². The maximum Gasteiger partial charge on any atom is 0.306 e. The van der Waals surface area contributed by atoms with Crippen molar-refractivity contribution in [1.29, 1.82) is 0 Å². The molecule has 0 saturated heterocycles. The van der Waals surface area contributed by atoms with Gasteiger partial charge in [0.25, 0.3) is 0 Å². The van der Waals surface area contributed by atoms with Crippen molar-refractivity contribution in [3.05, 3.63) is 24.3 Å². The normalized spacial score (nSPS) is 14.2. The molecule has 0 radical (unpaired) electrons. The van der Waals surface area contributed by atoms with Crippen molar-refractivity contribution in [1.82, 2.24) is 0 Å². The topological polar surface area (TPSA) is 37.3 Å². The Morgan fingerprint density at radius 2 is 2.27 bits per heavy atom. The predicted octanol–water partition coefficient (Wildman–Crippen LogP) is 2.23. The molecule has 62 valence electrons. The van der Waals surface area contributed by atoms with Crippen molar-refractivity contribution in [2.24, 2.45) is 5.92 Å². The smallest absolute Gasteiger partial charge is 0.306 e. The molecule has 1 N–H and O–H groups in total. The van der Waals surface area contributed by atoms with E-state index in [2.05, 4.69) is 6.58 Å². The zero-order valence-electron chi connectivity index (χ0n) is 7.00. The lowest BCUT2D eigenvalue weighted by atomic mass is 10.0. The highest BCUT2D eigenvalue weighted by Gasteiger charge is 2.09. The summed E-state index contributed by atoms with van der Waals surface area (Å²) in [4.78, 5) is 10.4. The van der Waals surface area contributed by atoms with E-state index in [-0.39, 0.29) is 5.92 Å². The first-order valence-electron chi connectivity index (χ1n) is 3.59. The molecular weight excluding hydrogens is 140 g/mol. The fourth-order valence-electron chi connectivity index (χ4n) is 0.839. The van der Waals surface area contributed by atoms with Crippen LogP contribution in [0.1, 0.15) is 20.3 Å². The molecule has 0 heterocycles. The molecule has 0 aliphatic carbocycles. The van der Waals surface area contributed by atoms with Gasteiger partial charge in [0.2, 0.25) is 0 Å². The summed E-state index contributed by atoms with van der Waals surface area (Å²) in [6.45, 7) is 7.13. The Hall–Kier alpha value is -1.05. The Kier molecular flexibility index (Phi) is 4.27. The maximum atomic E-state index is 10.4. The fourth-order valence-corrected chi connectivity index (χ4v) is 0.839. The van der Waals surface area contributed by atoms with Gasteiger partial charge in [-0.15, -0.1) is 0 Å². The minimum absolute atomic E-state index is 0.300. The number of carboxylic acid groups (broad SMARTS) is 1. The van der Waals surface area contributed by atoms with Gasteiger partial charge in [0, 0.05) is 0 Å². The van der Waals surface area contributed by atoms with Crippen LogP contribution in [0.2, 0.25) is 0 Å². The van der Waals surface area contributed by atoms with Gasteiger partial charge in [-0.2, -0.15) is 0 Å². The monoisotopic (exact) mass is 154 g/mol. The fraction of sp³-hybridized carbons (Fsp3) is 0.444. The molecule has 0 saturated carbocycles. The van der Waals surface area contributed by atoms with Crippen LogP contribution >= 0.6 is 0 Å². The van der Waals surface area contributed by atoms with Crippen molar-refractivity contribution in [2.75, 3.05) is 0 Å². The van der Waals surface area contributed by atoms with Gasteiger partial charge in [-0.05, 0) is 13.3 Å². The SMILES string of the molecule is C=C/C=C(\C)CC(C)C(=O)O. The molecule has 0 aromatic rings. The molecule has 0 spiro atoms. The second kappa shape index (κ2) is 4.72. The Balaban J connectivity index is 3.94. The standard InChI is InChI=1S/C9H14O2/c1-4-5-7(2)6-8(3)9(10)11/h4-5,8H,1,6H2,2-3H3,(H,10,11)/b7-5+. The van der Waals surface area contributed by atoms with E-state index in [0.717, 1.165) is 5.57 Å². The number of carboxylic acids is 1. The third-order valence-electron chi connectivity index (χ3n) is 1.45. The van der Waals surface area contributed by atoms with Crippen molar-refractivity contribution in [2.45, 2.75) is 20.3 Å². The average molecular weight is 154 g/mol. The van der Waals surface area contributed by atoms with Crippen molar-refractivity contribution in [3.8, 4) is 0 Å². The number of rotatable bonds is 4. The van der Waals surface area contributed by atoms with E-state index in [1.165, 1.54) is 0 Å². The highest BCUT2D eigenvalue weighted by Crippen LogP contribution is 2.10. The van der Waals surface area contributed by atoms with Crippen LogP contribution in [-0.4, -0.2) is 11.1 Å². The molecule has 11 heavy (non-hydrogen) atoms. The molecule has 1 unspecified atom stereocenters. The highest BCUT2D eigenvalue weighted by atomic mass is 16.4. The predicted molar refractivity (Wildman–Crippen MR) is 45.4 cm³/mol. The average Bonchev–Trinajstić information content (AvgIpc) is 1.87. The number of aliphatic carboxylic acids is 1. The first-order valence-corrected chi connectivity index (χ1v) is 3.59. The van der Waals surface area contributed by atoms with Crippen LogP contribution in [0.5, 0.6) is 0 Å².